The van der Waals surface area contributed by atoms with Gasteiger partial charge < -0.3 is 4.42 Å². The average Bonchev–Trinajstić information content (AvgIpc) is 2.79. The molecule has 7 heteroatoms. The van der Waals surface area contributed by atoms with Crippen molar-refractivity contribution in [1.82, 2.24) is 9.21 Å². The van der Waals surface area contributed by atoms with Gasteiger partial charge in [-0.15, -0.1) is 0 Å². The second kappa shape index (κ2) is 8.50. The maximum Gasteiger partial charge on any atom is 0.336 e. The predicted octanol–water partition coefficient (Wildman–Crippen LogP) is 3.59. The maximum absolute atomic E-state index is 12.8. The summed E-state index contributed by atoms with van der Waals surface area (Å²) in [5.74, 6) is 0.0181. The third kappa shape index (κ3) is 4.19. The lowest BCUT2D eigenvalue weighted by atomic mass is 10.0. The second-order valence-electron chi connectivity index (χ2n) is 8.17. The summed E-state index contributed by atoms with van der Waals surface area (Å²) < 4.78 is 32.7. The highest BCUT2D eigenvalue weighted by atomic mass is 32.2. The van der Waals surface area contributed by atoms with E-state index in [1.54, 1.807) is 10.4 Å². The Morgan fingerprint density at radius 1 is 0.844 bits per heavy atom. The number of sulfonamides is 1. The summed E-state index contributed by atoms with van der Waals surface area (Å²) in [5, 5.41) is 3.08. The average molecular weight is 449 g/mol. The van der Waals surface area contributed by atoms with Crippen LogP contribution in [0.4, 0.5) is 0 Å². The molecular weight excluding hydrogens is 424 g/mol. The topological polar surface area (TPSA) is 70.8 Å². The molecule has 4 aromatic rings. The Labute approximate surface area is 186 Å². The molecule has 6 nitrogen and oxygen atoms in total. The van der Waals surface area contributed by atoms with Crippen molar-refractivity contribution in [3.63, 3.8) is 0 Å². The molecule has 0 bridgehead atoms. The van der Waals surface area contributed by atoms with E-state index in [-0.39, 0.29) is 11.4 Å². The number of hydrogen-bond acceptors (Lipinski definition) is 5. The van der Waals surface area contributed by atoms with E-state index in [9.17, 15) is 13.2 Å². The van der Waals surface area contributed by atoms with E-state index >= 15 is 0 Å². The van der Waals surface area contributed by atoms with E-state index < -0.39 is 10.0 Å². The minimum Gasteiger partial charge on any atom is -0.423 e. The van der Waals surface area contributed by atoms with Gasteiger partial charge in [-0.2, -0.15) is 4.31 Å². The third-order valence-corrected chi connectivity index (χ3v) is 7.88. The van der Waals surface area contributed by atoms with E-state index in [2.05, 4.69) is 4.90 Å². The molecule has 0 aliphatic carbocycles. The number of piperazine rings is 1. The fourth-order valence-electron chi connectivity index (χ4n) is 4.43. The molecule has 3 aromatic carbocycles. The molecule has 1 aliphatic rings. The van der Waals surface area contributed by atoms with Crippen LogP contribution in [-0.4, -0.2) is 43.8 Å². The summed E-state index contributed by atoms with van der Waals surface area (Å²) in [5.41, 5.74) is 1.92. The van der Waals surface area contributed by atoms with Crippen LogP contribution in [0.15, 0.2) is 82.0 Å². The first-order valence-electron chi connectivity index (χ1n) is 10.7. The molecular formula is C25H24N2O4S. The van der Waals surface area contributed by atoms with Crippen LogP contribution in [0.1, 0.15) is 11.1 Å². The highest BCUT2D eigenvalue weighted by Crippen LogP contribution is 2.28. The lowest BCUT2D eigenvalue weighted by Gasteiger charge is -2.34. The van der Waals surface area contributed by atoms with Crippen molar-refractivity contribution in [2.75, 3.05) is 26.2 Å². The molecule has 164 valence electrons. The van der Waals surface area contributed by atoms with Gasteiger partial charge in [-0.1, -0.05) is 60.7 Å². The Morgan fingerprint density at radius 2 is 1.56 bits per heavy atom. The molecule has 1 saturated heterocycles. The Balaban J connectivity index is 1.35. The zero-order chi connectivity index (χ0) is 22.1. The molecule has 0 N–H and O–H groups in total. The molecule has 2 heterocycles. The quantitative estimate of drug-likeness (QED) is 0.345. The minimum atomic E-state index is -3.36. The first-order valence-corrected chi connectivity index (χ1v) is 12.3. The fourth-order valence-corrected chi connectivity index (χ4v) is 5.94. The van der Waals surface area contributed by atoms with Crippen LogP contribution >= 0.6 is 0 Å². The highest BCUT2D eigenvalue weighted by molar-refractivity contribution is 7.88. The molecule has 0 spiro atoms. The van der Waals surface area contributed by atoms with Gasteiger partial charge in [-0.3, -0.25) is 4.90 Å². The molecule has 32 heavy (non-hydrogen) atoms. The van der Waals surface area contributed by atoms with Crippen LogP contribution in [-0.2, 0) is 22.3 Å². The number of rotatable bonds is 5. The van der Waals surface area contributed by atoms with Gasteiger partial charge in [-0.25, -0.2) is 13.2 Å². The van der Waals surface area contributed by atoms with Crippen LogP contribution in [0.2, 0.25) is 0 Å². The highest BCUT2D eigenvalue weighted by Gasteiger charge is 2.27. The first-order chi connectivity index (χ1) is 15.5. The monoisotopic (exact) mass is 448 g/mol. The summed E-state index contributed by atoms with van der Waals surface area (Å²) in [6.07, 6.45) is 0. The first kappa shape index (κ1) is 20.9. The van der Waals surface area contributed by atoms with Crippen molar-refractivity contribution in [2.45, 2.75) is 12.3 Å². The van der Waals surface area contributed by atoms with Gasteiger partial charge >= 0.3 is 5.63 Å². The summed E-state index contributed by atoms with van der Waals surface area (Å²) in [7, 11) is -3.36. The van der Waals surface area contributed by atoms with Gasteiger partial charge in [0.05, 0.1) is 5.75 Å². The summed E-state index contributed by atoms with van der Waals surface area (Å²) >= 11 is 0. The zero-order valence-corrected chi connectivity index (χ0v) is 18.4. The lowest BCUT2D eigenvalue weighted by Crippen LogP contribution is -2.48. The largest absolute Gasteiger partial charge is 0.423 e. The molecule has 0 atom stereocenters. The van der Waals surface area contributed by atoms with Crippen molar-refractivity contribution in [3.05, 3.63) is 94.3 Å². The number of hydrogen-bond donors (Lipinski definition) is 0. The SMILES string of the molecule is O=c1cc(CN2CCN(S(=O)(=O)Cc3ccccc3)CC2)c2c(ccc3ccccc32)o1. The predicted molar refractivity (Wildman–Crippen MR) is 126 cm³/mol. The van der Waals surface area contributed by atoms with Crippen LogP contribution < -0.4 is 5.63 Å². The van der Waals surface area contributed by atoms with E-state index in [1.807, 2.05) is 66.7 Å². The number of nitrogens with zero attached hydrogens (tertiary/aromatic N) is 2. The molecule has 0 amide bonds. The van der Waals surface area contributed by atoms with Crippen LogP contribution in [0.25, 0.3) is 21.7 Å². The van der Waals surface area contributed by atoms with Gasteiger partial charge in [0.25, 0.3) is 0 Å². The van der Waals surface area contributed by atoms with Gasteiger partial charge in [0.2, 0.25) is 10.0 Å². The van der Waals surface area contributed by atoms with Gasteiger partial charge in [0.15, 0.2) is 0 Å². The molecule has 0 radical (unpaired) electrons. The minimum absolute atomic E-state index is 0.0181. The van der Waals surface area contributed by atoms with Crippen LogP contribution in [0.5, 0.6) is 0 Å². The molecule has 1 fully saturated rings. The standard InChI is InChI=1S/C25H24N2O4S/c28-24-16-21(25-22-9-5-4-8-20(22)10-11-23(25)31-24)17-26-12-14-27(15-13-26)32(29,30)18-19-6-2-1-3-7-19/h1-11,16H,12-15,17-18H2. The fraction of sp³-hybridized carbons (Fsp3) is 0.240. The number of benzene rings is 3. The summed E-state index contributed by atoms with van der Waals surface area (Å²) in [6, 6.07) is 22.7. The lowest BCUT2D eigenvalue weighted by molar-refractivity contribution is 0.182. The van der Waals surface area contributed by atoms with E-state index in [0.29, 0.717) is 38.3 Å². The Morgan fingerprint density at radius 3 is 2.34 bits per heavy atom. The Bertz CT molecular complexity index is 1420. The molecule has 0 saturated carbocycles. The van der Waals surface area contributed by atoms with Crippen molar-refractivity contribution >= 4 is 31.8 Å². The maximum atomic E-state index is 12.8. The smallest absolute Gasteiger partial charge is 0.336 e. The number of fused-ring (bicyclic) bond motifs is 3. The van der Waals surface area contributed by atoms with Gasteiger partial charge in [-0.05, 0) is 28.0 Å². The molecule has 5 rings (SSSR count). The normalized spacial score (nSPS) is 16.0. The van der Waals surface area contributed by atoms with Crippen molar-refractivity contribution < 1.29 is 12.8 Å². The van der Waals surface area contributed by atoms with E-state index in [4.69, 9.17) is 4.42 Å². The van der Waals surface area contributed by atoms with E-state index in [0.717, 1.165) is 27.3 Å². The van der Waals surface area contributed by atoms with E-state index in [1.165, 1.54) is 0 Å². The Kier molecular flexibility index (Phi) is 5.55. The second-order valence-corrected chi connectivity index (χ2v) is 10.1. The van der Waals surface area contributed by atoms with Gasteiger partial charge in [0, 0.05) is 44.2 Å². The summed E-state index contributed by atoms with van der Waals surface area (Å²) in [4.78, 5) is 14.4. The van der Waals surface area contributed by atoms with Gasteiger partial charge in [0.1, 0.15) is 5.58 Å². The molecule has 0 unspecified atom stereocenters. The molecule has 1 aliphatic heterocycles. The Hall–Kier alpha value is -3.00. The van der Waals surface area contributed by atoms with Crippen molar-refractivity contribution in [3.8, 4) is 0 Å². The van der Waals surface area contributed by atoms with Crippen molar-refractivity contribution in [1.29, 1.82) is 0 Å². The summed E-state index contributed by atoms with van der Waals surface area (Å²) in [6.45, 7) is 2.67. The van der Waals surface area contributed by atoms with Crippen molar-refractivity contribution in [2.24, 2.45) is 0 Å². The zero-order valence-electron chi connectivity index (χ0n) is 17.6. The van der Waals surface area contributed by atoms with Crippen LogP contribution in [0, 0.1) is 0 Å². The molecule has 1 aromatic heterocycles. The van der Waals surface area contributed by atoms with Crippen LogP contribution in [0.3, 0.4) is 0 Å². The third-order valence-electron chi connectivity index (χ3n) is 6.03.